The van der Waals surface area contributed by atoms with Gasteiger partial charge >= 0.3 is 0 Å². The Kier molecular flexibility index (Phi) is 3.57. The highest BCUT2D eigenvalue weighted by Gasteiger charge is 2.38. The maximum atomic E-state index is 9.27. The van der Waals surface area contributed by atoms with E-state index in [0.29, 0.717) is 12.2 Å². The minimum absolute atomic E-state index is 0.105. The van der Waals surface area contributed by atoms with Gasteiger partial charge in [0.1, 0.15) is 5.65 Å². The first-order valence-corrected chi connectivity index (χ1v) is 8.41. The second-order valence-corrected chi connectivity index (χ2v) is 6.92. The maximum absolute atomic E-state index is 9.27. The lowest BCUT2D eigenvalue weighted by Crippen LogP contribution is -2.27. The van der Waals surface area contributed by atoms with E-state index in [1.165, 1.54) is 12.8 Å². The average molecular weight is 320 g/mol. The summed E-state index contributed by atoms with van der Waals surface area (Å²) in [5.41, 5.74) is 1.85. The van der Waals surface area contributed by atoms with Crippen LogP contribution in [0.1, 0.15) is 45.1 Å². The number of rotatable bonds is 4. The Morgan fingerprint density at radius 3 is 3.00 bits per heavy atom. The minimum atomic E-state index is 0.105. The van der Waals surface area contributed by atoms with Crippen molar-refractivity contribution in [1.29, 1.82) is 5.26 Å². The molecule has 1 unspecified atom stereocenters. The lowest BCUT2D eigenvalue weighted by molar-refractivity contribution is 0.185. The molecule has 0 amide bonds. The summed E-state index contributed by atoms with van der Waals surface area (Å²) in [6.07, 6.45) is 12.7. The molecule has 0 saturated heterocycles. The normalized spacial score (nSPS) is 17.8. The molecule has 0 aromatic carbocycles. The molecule has 6 nitrogen and oxygen atoms in total. The average Bonchev–Trinajstić information content (AvgIpc) is 3.32. The summed E-state index contributed by atoms with van der Waals surface area (Å²) >= 11 is 0. The molecule has 1 aliphatic rings. The Bertz CT molecular complexity index is 894. The third-order valence-corrected chi connectivity index (χ3v) is 5.31. The zero-order valence-corrected chi connectivity index (χ0v) is 13.7. The summed E-state index contributed by atoms with van der Waals surface area (Å²) in [6, 6.07) is 4.40. The minimum Gasteiger partial charge on any atom is -0.346 e. The van der Waals surface area contributed by atoms with Gasteiger partial charge in [-0.15, -0.1) is 0 Å². The van der Waals surface area contributed by atoms with Crippen molar-refractivity contribution < 1.29 is 0 Å². The highest BCUT2D eigenvalue weighted by atomic mass is 15.3. The summed E-state index contributed by atoms with van der Waals surface area (Å²) in [6.45, 7) is 2.28. The second kappa shape index (κ2) is 5.75. The van der Waals surface area contributed by atoms with Gasteiger partial charge < -0.3 is 4.98 Å². The fourth-order valence-corrected chi connectivity index (χ4v) is 3.86. The van der Waals surface area contributed by atoms with Gasteiger partial charge in [-0.3, -0.25) is 4.68 Å². The number of aromatic nitrogens is 5. The van der Waals surface area contributed by atoms with E-state index >= 15 is 0 Å². The van der Waals surface area contributed by atoms with Crippen molar-refractivity contribution in [2.45, 2.75) is 45.1 Å². The Balaban J connectivity index is 1.68. The van der Waals surface area contributed by atoms with Gasteiger partial charge in [0, 0.05) is 24.0 Å². The van der Waals surface area contributed by atoms with Crippen molar-refractivity contribution in [2.24, 2.45) is 5.41 Å². The van der Waals surface area contributed by atoms with Gasteiger partial charge in [-0.05, 0) is 24.3 Å². The van der Waals surface area contributed by atoms with Crippen molar-refractivity contribution >= 4 is 11.0 Å². The van der Waals surface area contributed by atoms with Crippen LogP contribution in [0.2, 0.25) is 0 Å². The zero-order valence-electron chi connectivity index (χ0n) is 13.7. The predicted octanol–water partition coefficient (Wildman–Crippen LogP) is 3.86. The maximum Gasteiger partial charge on any atom is 0.164 e. The number of nitrogens with zero attached hydrogens (tertiary/aromatic N) is 5. The molecule has 3 aromatic rings. The molecule has 1 aliphatic carbocycles. The Morgan fingerprint density at radius 1 is 1.38 bits per heavy atom. The van der Waals surface area contributed by atoms with Crippen LogP contribution in [0.15, 0.2) is 30.9 Å². The van der Waals surface area contributed by atoms with Crippen LogP contribution in [0.4, 0.5) is 0 Å². The monoisotopic (exact) mass is 320 g/mol. The van der Waals surface area contributed by atoms with Crippen LogP contribution >= 0.6 is 0 Å². The molecule has 3 heterocycles. The van der Waals surface area contributed by atoms with Crippen LogP contribution in [0.25, 0.3) is 22.4 Å². The standard InChI is InChI=1S/C18H20N6/c1-18(6-2-3-7-18)15(4-8-19)24-12-14(11-22-24)17-21-10-13-5-9-20-16(13)23-17/h5,9-12,15H,2-4,6-7H2,1H3,(H,20,21,23). The zero-order chi connectivity index (χ0) is 16.6. The SMILES string of the molecule is CC1(C(CC#N)n2cc(-c3ncc4cc[nH]c4n3)cn2)CCCC1. The van der Waals surface area contributed by atoms with E-state index in [2.05, 4.69) is 33.0 Å². The number of H-pyrrole nitrogens is 1. The van der Waals surface area contributed by atoms with Gasteiger partial charge in [0.15, 0.2) is 5.82 Å². The summed E-state index contributed by atoms with van der Waals surface area (Å²) in [4.78, 5) is 12.1. The van der Waals surface area contributed by atoms with E-state index in [1.807, 2.05) is 29.3 Å². The third kappa shape index (κ3) is 2.46. The number of nitriles is 1. The molecule has 24 heavy (non-hydrogen) atoms. The van der Waals surface area contributed by atoms with Crippen LogP contribution in [0.3, 0.4) is 0 Å². The Hall–Kier alpha value is -2.68. The number of fused-ring (bicyclic) bond motifs is 1. The van der Waals surface area contributed by atoms with Gasteiger partial charge in [0.05, 0.1) is 30.3 Å². The molecule has 0 radical (unpaired) electrons. The molecule has 3 aromatic heterocycles. The van der Waals surface area contributed by atoms with Crippen molar-refractivity contribution in [1.82, 2.24) is 24.7 Å². The number of aromatic amines is 1. The van der Waals surface area contributed by atoms with Crippen LogP contribution in [-0.2, 0) is 0 Å². The molecule has 1 saturated carbocycles. The lowest BCUT2D eigenvalue weighted by atomic mass is 9.79. The number of hydrogen-bond donors (Lipinski definition) is 1. The van der Waals surface area contributed by atoms with Crippen LogP contribution < -0.4 is 0 Å². The van der Waals surface area contributed by atoms with Crippen molar-refractivity contribution in [2.75, 3.05) is 0 Å². The van der Waals surface area contributed by atoms with Gasteiger partial charge in [-0.25, -0.2) is 9.97 Å². The van der Waals surface area contributed by atoms with Gasteiger partial charge in [-0.1, -0.05) is 19.8 Å². The molecule has 6 heteroatoms. The molecule has 1 N–H and O–H groups in total. The van der Waals surface area contributed by atoms with Gasteiger partial charge in [0.2, 0.25) is 0 Å². The molecular weight excluding hydrogens is 300 g/mol. The number of nitrogens with one attached hydrogen (secondary N) is 1. The molecule has 0 spiro atoms. The summed E-state index contributed by atoms with van der Waals surface area (Å²) in [5, 5.41) is 14.8. The second-order valence-electron chi connectivity index (χ2n) is 6.92. The van der Waals surface area contributed by atoms with E-state index < -0.39 is 0 Å². The van der Waals surface area contributed by atoms with Gasteiger partial charge in [0.25, 0.3) is 0 Å². The van der Waals surface area contributed by atoms with Crippen molar-refractivity contribution in [3.63, 3.8) is 0 Å². The van der Waals surface area contributed by atoms with Gasteiger partial charge in [-0.2, -0.15) is 10.4 Å². The van der Waals surface area contributed by atoms with E-state index in [4.69, 9.17) is 0 Å². The van der Waals surface area contributed by atoms with Crippen molar-refractivity contribution in [3.05, 3.63) is 30.9 Å². The molecule has 4 rings (SSSR count). The smallest absolute Gasteiger partial charge is 0.164 e. The summed E-state index contributed by atoms with van der Waals surface area (Å²) in [7, 11) is 0. The molecule has 0 bridgehead atoms. The highest BCUT2D eigenvalue weighted by molar-refractivity contribution is 5.76. The number of hydrogen-bond acceptors (Lipinski definition) is 4. The summed E-state index contributed by atoms with van der Waals surface area (Å²) < 4.78 is 1.95. The molecule has 0 aliphatic heterocycles. The fraction of sp³-hybridized carbons (Fsp3) is 0.444. The van der Waals surface area contributed by atoms with E-state index in [-0.39, 0.29) is 11.5 Å². The summed E-state index contributed by atoms with van der Waals surface area (Å²) in [5.74, 6) is 0.656. The first-order chi connectivity index (χ1) is 11.7. The molecule has 1 fully saturated rings. The van der Waals surface area contributed by atoms with Crippen LogP contribution in [0, 0.1) is 16.7 Å². The quantitative estimate of drug-likeness (QED) is 0.791. The van der Waals surface area contributed by atoms with E-state index in [9.17, 15) is 5.26 Å². The Labute approximate surface area is 140 Å². The molecule has 122 valence electrons. The largest absolute Gasteiger partial charge is 0.346 e. The highest BCUT2D eigenvalue weighted by Crippen LogP contribution is 2.47. The Morgan fingerprint density at radius 2 is 2.21 bits per heavy atom. The lowest BCUT2D eigenvalue weighted by Gasteiger charge is -2.32. The van der Waals surface area contributed by atoms with Crippen LogP contribution in [0.5, 0.6) is 0 Å². The first kappa shape index (κ1) is 14.9. The van der Waals surface area contributed by atoms with E-state index in [1.54, 1.807) is 6.20 Å². The predicted molar refractivity (Wildman–Crippen MR) is 91.0 cm³/mol. The molecule has 1 atom stereocenters. The van der Waals surface area contributed by atoms with E-state index in [0.717, 1.165) is 29.4 Å². The van der Waals surface area contributed by atoms with Crippen LogP contribution in [-0.4, -0.2) is 24.7 Å². The topological polar surface area (TPSA) is 83.2 Å². The van der Waals surface area contributed by atoms with Crippen molar-refractivity contribution in [3.8, 4) is 17.5 Å². The fourth-order valence-electron chi connectivity index (χ4n) is 3.86. The third-order valence-electron chi connectivity index (χ3n) is 5.31. The first-order valence-electron chi connectivity index (χ1n) is 8.41. The molecular formula is C18H20N6.